The molecule has 0 radical (unpaired) electrons. The van der Waals surface area contributed by atoms with Crippen LogP contribution in [0.1, 0.15) is 24.9 Å². The molecule has 3 nitrogen and oxygen atoms in total. The predicted octanol–water partition coefficient (Wildman–Crippen LogP) is 1.92. The number of halogens is 2. The van der Waals surface area contributed by atoms with E-state index in [0.717, 1.165) is 18.2 Å². The topological polar surface area (TPSA) is 52.3 Å². The van der Waals surface area contributed by atoms with Crippen molar-refractivity contribution < 1.29 is 18.3 Å². The van der Waals surface area contributed by atoms with E-state index in [1.54, 1.807) is 6.92 Å². The zero-order chi connectivity index (χ0) is 12.1. The molecule has 0 saturated heterocycles. The van der Waals surface area contributed by atoms with Crippen molar-refractivity contribution in [1.82, 2.24) is 0 Å². The second-order valence-electron chi connectivity index (χ2n) is 3.32. The van der Waals surface area contributed by atoms with Crippen LogP contribution in [0.15, 0.2) is 18.2 Å². The van der Waals surface area contributed by atoms with Crippen LogP contribution in [0.3, 0.4) is 0 Å². The molecule has 0 bridgehead atoms. The number of hydrogen-bond acceptors (Lipinski definition) is 3. The summed E-state index contributed by atoms with van der Waals surface area (Å²) in [5.74, 6) is -1.91. The maximum atomic E-state index is 12.9. The summed E-state index contributed by atoms with van der Waals surface area (Å²) in [6, 6.07) is 2.20. The Morgan fingerprint density at radius 1 is 1.38 bits per heavy atom. The van der Waals surface area contributed by atoms with Gasteiger partial charge >= 0.3 is 5.97 Å². The quantitative estimate of drug-likeness (QED) is 0.802. The molecule has 0 unspecified atom stereocenters. The third kappa shape index (κ3) is 3.58. The highest BCUT2D eigenvalue weighted by molar-refractivity contribution is 5.70. The molecule has 0 aliphatic carbocycles. The molecule has 0 spiro atoms. The third-order valence-corrected chi connectivity index (χ3v) is 2.00. The first-order chi connectivity index (χ1) is 7.52. The Balaban J connectivity index is 2.72. The molecule has 0 heterocycles. The smallest absolute Gasteiger partial charge is 0.307 e. The van der Waals surface area contributed by atoms with Crippen molar-refractivity contribution in [3.63, 3.8) is 0 Å². The van der Waals surface area contributed by atoms with E-state index in [1.807, 2.05) is 0 Å². The Bertz CT molecular complexity index is 362. The number of esters is 1. The Morgan fingerprint density at radius 3 is 2.44 bits per heavy atom. The van der Waals surface area contributed by atoms with Gasteiger partial charge in [-0.3, -0.25) is 4.79 Å². The minimum Gasteiger partial charge on any atom is -0.466 e. The molecular formula is C11H13F2NO2. The SMILES string of the molecule is CCOC(=O)C[C@H](N)c1cc(F)cc(F)c1. The lowest BCUT2D eigenvalue weighted by Crippen LogP contribution is -2.17. The molecule has 1 aromatic rings. The van der Waals surface area contributed by atoms with Gasteiger partial charge in [-0.15, -0.1) is 0 Å². The standard InChI is InChI=1S/C11H13F2NO2/c1-2-16-11(15)6-10(14)7-3-8(12)5-9(13)4-7/h3-5,10H,2,6,14H2,1H3/t10-/m0/s1. The Kier molecular flexibility index (Phi) is 4.37. The zero-order valence-electron chi connectivity index (χ0n) is 8.87. The molecule has 1 atom stereocenters. The molecule has 5 heteroatoms. The van der Waals surface area contributed by atoms with Crippen LogP contribution in [0.5, 0.6) is 0 Å². The number of ether oxygens (including phenoxy) is 1. The summed E-state index contributed by atoms with van der Waals surface area (Å²) in [5.41, 5.74) is 5.87. The van der Waals surface area contributed by atoms with Crippen LogP contribution in [0.25, 0.3) is 0 Å². The number of nitrogens with two attached hydrogens (primary N) is 1. The summed E-state index contributed by atoms with van der Waals surface area (Å²) < 4.78 is 30.4. The van der Waals surface area contributed by atoms with E-state index in [9.17, 15) is 13.6 Å². The first-order valence-electron chi connectivity index (χ1n) is 4.90. The highest BCUT2D eigenvalue weighted by Crippen LogP contribution is 2.17. The fourth-order valence-electron chi connectivity index (χ4n) is 1.31. The van der Waals surface area contributed by atoms with Gasteiger partial charge in [0.2, 0.25) is 0 Å². The first kappa shape index (κ1) is 12.6. The van der Waals surface area contributed by atoms with Gasteiger partial charge in [-0.1, -0.05) is 0 Å². The van der Waals surface area contributed by atoms with Gasteiger partial charge in [0.1, 0.15) is 11.6 Å². The number of carbonyl (C=O) groups excluding carboxylic acids is 1. The fraction of sp³-hybridized carbons (Fsp3) is 0.364. The summed E-state index contributed by atoms with van der Waals surface area (Å²) in [6.45, 7) is 1.92. The van der Waals surface area contributed by atoms with Gasteiger partial charge < -0.3 is 10.5 Å². The van der Waals surface area contributed by atoms with Crippen molar-refractivity contribution in [2.45, 2.75) is 19.4 Å². The first-order valence-corrected chi connectivity index (χ1v) is 4.90. The predicted molar refractivity (Wildman–Crippen MR) is 54.5 cm³/mol. The average molecular weight is 229 g/mol. The van der Waals surface area contributed by atoms with Crippen LogP contribution in [0, 0.1) is 11.6 Å². The number of carbonyl (C=O) groups is 1. The van der Waals surface area contributed by atoms with E-state index >= 15 is 0 Å². The fourth-order valence-corrected chi connectivity index (χ4v) is 1.31. The molecule has 0 amide bonds. The van der Waals surface area contributed by atoms with Crippen LogP contribution in [0.2, 0.25) is 0 Å². The van der Waals surface area contributed by atoms with Crippen molar-refractivity contribution in [2.75, 3.05) is 6.61 Å². The van der Waals surface area contributed by atoms with E-state index in [0.29, 0.717) is 0 Å². The summed E-state index contributed by atoms with van der Waals surface area (Å²) in [5, 5.41) is 0. The molecule has 0 aromatic heterocycles. The molecule has 1 rings (SSSR count). The van der Waals surface area contributed by atoms with Crippen LogP contribution >= 0.6 is 0 Å². The Morgan fingerprint density at radius 2 is 1.94 bits per heavy atom. The van der Waals surface area contributed by atoms with Crippen molar-refractivity contribution in [3.8, 4) is 0 Å². The molecule has 16 heavy (non-hydrogen) atoms. The molecule has 0 fully saturated rings. The molecule has 1 aromatic carbocycles. The lowest BCUT2D eigenvalue weighted by atomic mass is 10.0. The highest BCUT2D eigenvalue weighted by atomic mass is 19.1. The van der Waals surface area contributed by atoms with E-state index < -0.39 is 23.6 Å². The van der Waals surface area contributed by atoms with E-state index in [1.165, 1.54) is 0 Å². The van der Waals surface area contributed by atoms with Crippen LogP contribution in [0.4, 0.5) is 8.78 Å². The number of benzene rings is 1. The molecule has 2 N–H and O–H groups in total. The minimum absolute atomic E-state index is 0.100. The number of hydrogen-bond donors (Lipinski definition) is 1. The Hall–Kier alpha value is -1.49. The average Bonchev–Trinajstić information content (AvgIpc) is 2.16. The molecule has 88 valence electrons. The van der Waals surface area contributed by atoms with Gasteiger partial charge in [0, 0.05) is 12.1 Å². The second kappa shape index (κ2) is 5.55. The van der Waals surface area contributed by atoms with Gasteiger partial charge in [-0.05, 0) is 24.6 Å². The van der Waals surface area contributed by atoms with Gasteiger partial charge in [-0.25, -0.2) is 8.78 Å². The maximum Gasteiger partial charge on any atom is 0.307 e. The van der Waals surface area contributed by atoms with Gasteiger partial charge in [0.15, 0.2) is 0 Å². The normalized spacial score (nSPS) is 12.2. The van der Waals surface area contributed by atoms with Crippen LogP contribution in [-0.4, -0.2) is 12.6 Å². The van der Waals surface area contributed by atoms with E-state index in [-0.39, 0.29) is 18.6 Å². The molecule has 0 aliphatic heterocycles. The lowest BCUT2D eigenvalue weighted by Gasteiger charge is -2.11. The number of rotatable bonds is 4. The van der Waals surface area contributed by atoms with Gasteiger partial charge in [0.25, 0.3) is 0 Å². The molecular weight excluding hydrogens is 216 g/mol. The Labute approximate surface area is 92.2 Å². The summed E-state index contributed by atoms with van der Waals surface area (Å²) in [6.07, 6.45) is -0.100. The summed E-state index contributed by atoms with van der Waals surface area (Å²) in [4.78, 5) is 11.1. The zero-order valence-corrected chi connectivity index (χ0v) is 8.87. The largest absolute Gasteiger partial charge is 0.466 e. The maximum absolute atomic E-state index is 12.9. The van der Waals surface area contributed by atoms with Crippen molar-refractivity contribution in [1.29, 1.82) is 0 Å². The minimum atomic E-state index is -0.760. The lowest BCUT2D eigenvalue weighted by molar-refractivity contribution is -0.143. The van der Waals surface area contributed by atoms with E-state index in [2.05, 4.69) is 4.74 Å². The van der Waals surface area contributed by atoms with E-state index in [4.69, 9.17) is 5.73 Å². The van der Waals surface area contributed by atoms with Crippen LogP contribution in [-0.2, 0) is 9.53 Å². The summed E-state index contributed by atoms with van der Waals surface area (Å²) in [7, 11) is 0. The van der Waals surface area contributed by atoms with Gasteiger partial charge in [-0.2, -0.15) is 0 Å². The van der Waals surface area contributed by atoms with Crippen LogP contribution < -0.4 is 5.73 Å². The third-order valence-electron chi connectivity index (χ3n) is 2.00. The highest BCUT2D eigenvalue weighted by Gasteiger charge is 2.14. The van der Waals surface area contributed by atoms with Crippen molar-refractivity contribution in [3.05, 3.63) is 35.4 Å². The van der Waals surface area contributed by atoms with Crippen molar-refractivity contribution in [2.24, 2.45) is 5.73 Å². The van der Waals surface area contributed by atoms with Crippen molar-refractivity contribution >= 4 is 5.97 Å². The second-order valence-corrected chi connectivity index (χ2v) is 3.32. The summed E-state index contributed by atoms with van der Waals surface area (Å²) >= 11 is 0. The molecule has 0 aliphatic rings. The molecule has 0 saturated carbocycles. The monoisotopic (exact) mass is 229 g/mol. The van der Waals surface area contributed by atoms with Gasteiger partial charge in [0.05, 0.1) is 13.0 Å².